The van der Waals surface area contributed by atoms with E-state index >= 15 is 0 Å². The molecule has 4 aromatic rings. The average molecular weight is 583 g/mol. The molecule has 0 atom stereocenters. The first-order valence-corrected chi connectivity index (χ1v) is 18.1. The summed E-state index contributed by atoms with van der Waals surface area (Å²) in [6, 6.07) is 21.3. The van der Waals surface area contributed by atoms with Crippen LogP contribution in [0.5, 0.6) is 5.75 Å². The van der Waals surface area contributed by atoms with Crippen molar-refractivity contribution >= 4 is 8.32 Å². The highest BCUT2D eigenvalue weighted by molar-refractivity contribution is 6.74. The number of ether oxygens (including phenoxy) is 1. The second-order valence-corrected chi connectivity index (χ2v) is 18.0. The Kier molecular flexibility index (Phi) is 9.02. The van der Waals surface area contributed by atoms with Gasteiger partial charge in [-0.05, 0) is 65.0 Å². The molecule has 0 amide bonds. The van der Waals surface area contributed by atoms with Crippen molar-refractivity contribution < 1.29 is 9.16 Å². The number of benzene rings is 2. The number of nitrogens with zero attached hydrogens (tertiary/aromatic N) is 4. The zero-order valence-corrected chi connectivity index (χ0v) is 27.4. The lowest BCUT2D eigenvalue weighted by Gasteiger charge is -2.37. The highest BCUT2D eigenvalue weighted by Gasteiger charge is 2.37. The first-order valence-electron chi connectivity index (χ1n) is 15.2. The highest BCUT2D eigenvalue weighted by atomic mass is 28.4. The van der Waals surface area contributed by atoms with Gasteiger partial charge >= 0.3 is 0 Å². The first-order chi connectivity index (χ1) is 20.0. The molecule has 6 nitrogen and oxygen atoms in total. The fourth-order valence-electron chi connectivity index (χ4n) is 5.11. The molecule has 5 rings (SSSR count). The van der Waals surface area contributed by atoms with Crippen LogP contribution in [0.1, 0.15) is 57.4 Å². The number of pyridine rings is 1. The van der Waals surface area contributed by atoms with Gasteiger partial charge in [0.15, 0.2) is 8.32 Å². The molecule has 42 heavy (non-hydrogen) atoms. The summed E-state index contributed by atoms with van der Waals surface area (Å²) in [5, 5.41) is 5.32. The third-order valence-corrected chi connectivity index (χ3v) is 13.4. The Morgan fingerprint density at radius 2 is 1.57 bits per heavy atom. The van der Waals surface area contributed by atoms with E-state index in [0.29, 0.717) is 12.5 Å². The SMILES string of the molecule is CC(C)c1ccc(COc2ccc(-c3c(-c4ccncc4)nn4c3CN(CCO[Si](C)(C)C(C)(C)C)CC4)cc2)cc1. The minimum absolute atomic E-state index is 0.217. The number of hydrogen-bond donors (Lipinski definition) is 0. The van der Waals surface area contributed by atoms with E-state index in [4.69, 9.17) is 14.3 Å². The summed E-state index contributed by atoms with van der Waals surface area (Å²) < 4.78 is 14.9. The van der Waals surface area contributed by atoms with Crippen molar-refractivity contribution in [3.8, 4) is 28.1 Å². The van der Waals surface area contributed by atoms with Crippen LogP contribution >= 0.6 is 0 Å². The zero-order chi connectivity index (χ0) is 29.9. The van der Waals surface area contributed by atoms with Crippen molar-refractivity contribution in [3.63, 3.8) is 0 Å². The van der Waals surface area contributed by atoms with Gasteiger partial charge in [-0.25, -0.2) is 0 Å². The molecule has 0 N–H and O–H groups in total. The molecule has 222 valence electrons. The molecule has 3 heterocycles. The Morgan fingerprint density at radius 1 is 0.881 bits per heavy atom. The normalized spacial score (nSPS) is 14.3. The number of hydrogen-bond acceptors (Lipinski definition) is 5. The molecule has 0 spiro atoms. The monoisotopic (exact) mass is 582 g/mol. The van der Waals surface area contributed by atoms with Crippen LogP contribution in [0.2, 0.25) is 18.1 Å². The Balaban J connectivity index is 1.34. The quantitative estimate of drug-likeness (QED) is 0.177. The van der Waals surface area contributed by atoms with Crippen LogP contribution in [0.4, 0.5) is 0 Å². The molecular weight excluding hydrogens is 536 g/mol. The van der Waals surface area contributed by atoms with Gasteiger partial charge in [0.2, 0.25) is 0 Å². The smallest absolute Gasteiger partial charge is 0.192 e. The summed E-state index contributed by atoms with van der Waals surface area (Å²) in [4.78, 5) is 6.74. The largest absolute Gasteiger partial charge is 0.489 e. The van der Waals surface area contributed by atoms with Crippen LogP contribution in [-0.2, 0) is 24.1 Å². The molecule has 0 saturated carbocycles. The maximum Gasteiger partial charge on any atom is 0.192 e. The molecule has 7 heteroatoms. The van der Waals surface area contributed by atoms with Gasteiger partial charge in [0, 0.05) is 49.8 Å². The molecule has 0 radical (unpaired) electrons. The summed E-state index contributed by atoms with van der Waals surface area (Å²) >= 11 is 0. The molecule has 1 aliphatic heterocycles. The van der Waals surface area contributed by atoms with E-state index in [9.17, 15) is 0 Å². The van der Waals surface area contributed by atoms with Crippen LogP contribution < -0.4 is 4.74 Å². The minimum atomic E-state index is -1.77. The molecule has 0 aliphatic carbocycles. The topological polar surface area (TPSA) is 52.4 Å². The van der Waals surface area contributed by atoms with Crippen molar-refractivity contribution in [1.29, 1.82) is 0 Å². The molecule has 1 aliphatic rings. The lowest BCUT2D eigenvalue weighted by molar-refractivity contribution is 0.166. The summed E-state index contributed by atoms with van der Waals surface area (Å²) in [5.41, 5.74) is 8.19. The van der Waals surface area contributed by atoms with Crippen LogP contribution in [0.25, 0.3) is 22.4 Å². The summed E-state index contributed by atoms with van der Waals surface area (Å²) in [5.74, 6) is 1.39. The van der Waals surface area contributed by atoms with Crippen LogP contribution in [0.3, 0.4) is 0 Å². The Bertz CT molecular complexity index is 1460. The minimum Gasteiger partial charge on any atom is -0.489 e. The summed E-state index contributed by atoms with van der Waals surface area (Å²) in [6.45, 7) is 20.9. The second-order valence-electron chi connectivity index (χ2n) is 13.2. The van der Waals surface area contributed by atoms with Crippen LogP contribution in [0.15, 0.2) is 73.1 Å². The number of rotatable bonds is 10. The predicted octanol–water partition coefficient (Wildman–Crippen LogP) is 8.15. The third-order valence-electron chi connectivity index (χ3n) is 8.88. The van der Waals surface area contributed by atoms with Gasteiger partial charge in [-0.2, -0.15) is 5.10 Å². The zero-order valence-electron chi connectivity index (χ0n) is 26.4. The lowest BCUT2D eigenvalue weighted by Crippen LogP contribution is -2.43. The standard InChI is InChI=1S/C35H46N4O2Si/c1-26(2)28-10-8-27(9-11-28)25-40-31-14-12-29(13-15-31)33-32-24-38(22-23-41-42(6,7)35(3,4)5)20-21-39(32)37-34(33)30-16-18-36-19-17-30/h8-19,26H,20-25H2,1-7H3. The Hall–Kier alpha value is -3.26. The molecular formula is C35H46N4O2Si. The van der Waals surface area contributed by atoms with Gasteiger partial charge in [0.05, 0.1) is 12.2 Å². The van der Waals surface area contributed by atoms with Crippen molar-refractivity contribution in [3.05, 3.63) is 89.9 Å². The molecule has 0 fully saturated rings. The van der Waals surface area contributed by atoms with E-state index in [1.807, 2.05) is 24.5 Å². The van der Waals surface area contributed by atoms with Gasteiger partial charge in [-0.3, -0.25) is 14.6 Å². The maximum atomic E-state index is 6.51. The molecule has 2 aromatic heterocycles. The number of fused-ring (bicyclic) bond motifs is 1. The molecule has 0 saturated heterocycles. The molecule has 2 aromatic carbocycles. The van der Waals surface area contributed by atoms with E-state index in [1.54, 1.807) is 0 Å². The van der Waals surface area contributed by atoms with Gasteiger partial charge in [-0.15, -0.1) is 0 Å². The summed E-state index contributed by atoms with van der Waals surface area (Å²) in [6.07, 6.45) is 3.68. The molecule has 0 unspecified atom stereocenters. The van der Waals surface area contributed by atoms with Crippen molar-refractivity contribution in [1.82, 2.24) is 19.7 Å². The third kappa shape index (κ3) is 6.85. The van der Waals surface area contributed by atoms with Crippen LogP contribution in [-0.4, -0.2) is 47.7 Å². The van der Waals surface area contributed by atoms with E-state index in [0.717, 1.165) is 55.4 Å². The van der Waals surface area contributed by atoms with Crippen LogP contribution in [0, 0.1) is 0 Å². The summed E-state index contributed by atoms with van der Waals surface area (Å²) in [7, 11) is -1.77. The maximum absolute atomic E-state index is 6.51. The van der Waals surface area contributed by atoms with E-state index in [1.165, 1.54) is 22.4 Å². The fourth-order valence-corrected chi connectivity index (χ4v) is 6.14. The van der Waals surface area contributed by atoms with Gasteiger partial charge in [0.25, 0.3) is 0 Å². The van der Waals surface area contributed by atoms with E-state index in [-0.39, 0.29) is 5.04 Å². The fraction of sp³-hybridized carbons (Fsp3) is 0.429. The van der Waals surface area contributed by atoms with Crippen molar-refractivity contribution in [2.45, 2.75) is 78.4 Å². The van der Waals surface area contributed by atoms with E-state index < -0.39 is 8.32 Å². The Labute approximate surface area is 252 Å². The second kappa shape index (κ2) is 12.5. The van der Waals surface area contributed by atoms with Gasteiger partial charge < -0.3 is 9.16 Å². The predicted molar refractivity (Wildman–Crippen MR) is 174 cm³/mol. The number of aromatic nitrogens is 3. The van der Waals surface area contributed by atoms with Gasteiger partial charge in [0.1, 0.15) is 18.1 Å². The highest BCUT2D eigenvalue weighted by Crippen LogP contribution is 2.38. The average Bonchev–Trinajstić information content (AvgIpc) is 3.35. The lowest BCUT2D eigenvalue weighted by atomic mass is 9.98. The van der Waals surface area contributed by atoms with Gasteiger partial charge in [-0.1, -0.05) is 71.0 Å². The van der Waals surface area contributed by atoms with E-state index in [2.05, 4.69) is 111 Å². The Morgan fingerprint density at radius 3 is 2.21 bits per heavy atom. The van der Waals surface area contributed by atoms with Crippen molar-refractivity contribution in [2.75, 3.05) is 19.7 Å². The first kappa shape index (κ1) is 30.2. The molecule has 0 bridgehead atoms. The van der Waals surface area contributed by atoms with Crippen molar-refractivity contribution in [2.24, 2.45) is 0 Å².